The fourth-order valence-electron chi connectivity index (χ4n) is 2.81. The summed E-state index contributed by atoms with van der Waals surface area (Å²) in [6.45, 7) is 2.98. The smallest absolute Gasteiger partial charge is 0.508 e. The molecular formula is C15H22ClF3N2O3. The molecule has 1 aliphatic heterocycles. The van der Waals surface area contributed by atoms with Gasteiger partial charge < -0.3 is 20.3 Å². The summed E-state index contributed by atoms with van der Waals surface area (Å²) in [6.07, 6.45) is -3.73. The van der Waals surface area contributed by atoms with Crippen LogP contribution in [-0.4, -0.2) is 54.3 Å². The summed E-state index contributed by atoms with van der Waals surface area (Å²) >= 11 is 0. The molecule has 0 aromatic heterocycles. The maximum atomic E-state index is 12.4. The molecule has 2 rings (SSSR count). The molecule has 24 heavy (non-hydrogen) atoms. The number of nitrogens with zero attached hydrogens (tertiary/aromatic N) is 1. The minimum atomic E-state index is -4.77. The van der Waals surface area contributed by atoms with Gasteiger partial charge in [-0.25, -0.2) is 0 Å². The number of rotatable bonds is 6. The molecular weight excluding hydrogens is 349 g/mol. The van der Waals surface area contributed by atoms with Crippen molar-refractivity contribution in [1.29, 1.82) is 0 Å². The van der Waals surface area contributed by atoms with Crippen LogP contribution in [0.3, 0.4) is 0 Å². The molecule has 3 N–H and O–H groups in total. The van der Waals surface area contributed by atoms with E-state index in [1.54, 1.807) is 0 Å². The third-order valence-electron chi connectivity index (χ3n) is 3.82. The summed E-state index contributed by atoms with van der Waals surface area (Å²) in [5.74, 6) is -0.421. The van der Waals surface area contributed by atoms with E-state index in [9.17, 15) is 18.3 Å². The van der Waals surface area contributed by atoms with E-state index in [4.69, 9.17) is 5.11 Å². The van der Waals surface area contributed by atoms with E-state index in [1.807, 2.05) is 0 Å². The number of phenolic OH excluding ortho intramolecular Hbond substituents is 1. The van der Waals surface area contributed by atoms with Crippen LogP contribution in [0, 0.1) is 0 Å². The average molecular weight is 371 g/mol. The summed E-state index contributed by atoms with van der Waals surface area (Å²) in [6, 6.07) is 3.27. The molecule has 1 saturated heterocycles. The van der Waals surface area contributed by atoms with Gasteiger partial charge in [-0.15, -0.1) is 25.6 Å². The molecule has 0 radical (unpaired) electrons. The fourth-order valence-corrected chi connectivity index (χ4v) is 2.81. The molecule has 0 saturated carbocycles. The van der Waals surface area contributed by atoms with Crippen LogP contribution < -0.4 is 10.1 Å². The van der Waals surface area contributed by atoms with Crippen molar-refractivity contribution in [3.05, 3.63) is 23.8 Å². The Labute approximate surface area is 144 Å². The van der Waals surface area contributed by atoms with Crippen molar-refractivity contribution in [2.75, 3.05) is 32.8 Å². The van der Waals surface area contributed by atoms with Crippen LogP contribution in [-0.2, 0) is 0 Å². The SMILES string of the molecule is Cl.OCCC[C@H](c1cc(OC(F)(F)F)ccc1O)N1CCNCC1. The Morgan fingerprint density at radius 3 is 2.50 bits per heavy atom. The Hall–Kier alpha value is -1.22. The number of ether oxygens (including phenoxy) is 1. The summed E-state index contributed by atoms with van der Waals surface area (Å²) in [5.41, 5.74) is 0.391. The summed E-state index contributed by atoms with van der Waals surface area (Å²) < 4.78 is 41.1. The van der Waals surface area contributed by atoms with Crippen LogP contribution in [0.15, 0.2) is 18.2 Å². The summed E-state index contributed by atoms with van der Waals surface area (Å²) in [7, 11) is 0. The topological polar surface area (TPSA) is 65.0 Å². The molecule has 1 aliphatic rings. The van der Waals surface area contributed by atoms with Crippen LogP contribution in [0.25, 0.3) is 0 Å². The molecule has 9 heteroatoms. The first kappa shape index (κ1) is 20.8. The van der Waals surface area contributed by atoms with E-state index in [2.05, 4.69) is 15.0 Å². The van der Waals surface area contributed by atoms with Crippen LogP contribution in [0.2, 0.25) is 0 Å². The standard InChI is InChI=1S/C15H21F3N2O3.ClH/c16-15(17,18)23-11-3-4-14(22)12(10-11)13(2-1-9-21)20-7-5-19-6-8-20;/h3-4,10,13,19,21-22H,1-2,5-9H2;1H/t13-;/m1./s1. The second-order valence-electron chi connectivity index (χ2n) is 5.44. The number of halogens is 4. The first-order valence-electron chi connectivity index (χ1n) is 7.55. The van der Waals surface area contributed by atoms with Gasteiger partial charge in [-0.05, 0) is 31.0 Å². The van der Waals surface area contributed by atoms with Gasteiger partial charge in [0.25, 0.3) is 0 Å². The molecule has 0 spiro atoms. The molecule has 1 fully saturated rings. The number of nitrogens with one attached hydrogen (secondary N) is 1. The van der Waals surface area contributed by atoms with Gasteiger partial charge in [-0.3, -0.25) is 4.90 Å². The zero-order chi connectivity index (χ0) is 16.9. The number of hydrogen-bond donors (Lipinski definition) is 3. The van der Waals surface area contributed by atoms with Gasteiger partial charge in [0.05, 0.1) is 0 Å². The molecule has 5 nitrogen and oxygen atoms in total. The van der Waals surface area contributed by atoms with Gasteiger partial charge in [0.15, 0.2) is 0 Å². The van der Waals surface area contributed by atoms with E-state index < -0.39 is 6.36 Å². The van der Waals surface area contributed by atoms with Gasteiger partial charge in [-0.1, -0.05) is 0 Å². The number of aliphatic hydroxyl groups excluding tert-OH is 1. The van der Waals surface area contributed by atoms with Gasteiger partial charge >= 0.3 is 6.36 Å². The second-order valence-corrected chi connectivity index (χ2v) is 5.44. The highest BCUT2D eigenvalue weighted by molar-refractivity contribution is 5.85. The highest BCUT2D eigenvalue weighted by Gasteiger charge is 2.32. The van der Waals surface area contributed by atoms with Crippen molar-refractivity contribution in [1.82, 2.24) is 10.2 Å². The summed E-state index contributed by atoms with van der Waals surface area (Å²) in [4.78, 5) is 2.10. The molecule has 0 bridgehead atoms. The van der Waals surface area contributed by atoms with Crippen molar-refractivity contribution in [3.63, 3.8) is 0 Å². The Kier molecular flexibility index (Phi) is 8.08. The second kappa shape index (κ2) is 9.31. The Balaban J connectivity index is 0.00000288. The van der Waals surface area contributed by atoms with E-state index in [0.29, 0.717) is 18.4 Å². The average Bonchev–Trinajstić information content (AvgIpc) is 2.50. The Morgan fingerprint density at radius 1 is 1.25 bits per heavy atom. The molecule has 0 aliphatic carbocycles. The van der Waals surface area contributed by atoms with Gasteiger partial charge in [0, 0.05) is 44.4 Å². The molecule has 138 valence electrons. The largest absolute Gasteiger partial charge is 0.573 e. The monoisotopic (exact) mass is 370 g/mol. The maximum absolute atomic E-state index is 12.4. The van der Waals surface area contributed by atoms with Crippen molar-refractivity contribution in [2.24, 2.45) is 0 Å². The molecule has 1 aromatic carbocycles. The minimum Gasteiger partial charge on any atom is -0.508 e. The van der Waals surface area contributed by atoms with E-state index in [1.165, 1.54) is 12.1 Å². The van der Waals surface area contributed by atoms with E-state index >= 15 is 0 Å². The quantitative estimate of drug-likeness (QED) is 0.718. The minimum absolute atomic E-state index is 0. The molecule has 0 amide bonds. The highest BCUT2D eigenvalue weighted by Crippen LogP contribution is 2.36. The Bertz CT molecular complexity index is 511. The number of alkyl halides is 3. The fraction of sp³-hybridized carbons (Fsp3) is 0.600. The number of aromatic hydroxyl groups is 1. The number of piperazine rings is 1. The zero-order valence-electron chi connectivity index (χ0n) is 13.1. The van der Waals surface area contributed by atoms with Crippen molar-refractivity contribution in [3.8, 4) is 11.5 Å². The van der Waals surface area contributed by atoms with Crippen molar-refractivity contribution < 1.29 is 28.1 Å². The predicted octanol–water partition coefficient (Wildman–Crippen LogP) is 2.43. The van der Waals surface area contributed by atoms with E-state index in [0.717, 1.165) is 32.2 Å². The predicted molar refractivity (Wildman–Crippen MR) is 85.5 cm³/mol. The normalized spacial score (nSPS) is 17.2. The number of benzene rings is 1. The van der Waals surface area contributed by atoms with Crippen LogP contribution in [0.5, 0.6) is 11.5 Å². The number of phenols is 1. The first-order valence-corrected chi connectivity index (χ1v) is 7.55. The maximum Gasteiger partial charge on any atom is 0.573 e. The molecule has 1 heterocycles. The lowest BCUT2D eigenvalue weighted by Gasteiger charge is -2.35. The lowest BCUT2D eigenvalue weighted by molar-refractivity contribution is -0.274. The van der Waals surface area contributed by atoms with Crippen LogP contribution >= 0.6 is 12.4 Å². The molecule has 1 atom stereocenters. The third kappa shape index (κ3) is 6.01. The van der Waals surface area contributed by atoms with Gasteiger partial charge in [-0.2, -0.15) is 0 Å². The zero-order valence-corrected chi connectivity index (χ0v) is 13.9. The van der Waals surface area contributed by atoms with Crippen molar-refractivity contribution in [2.45, 2.75) is 25.2 Å². The number of aliphatic hydroxyl groups is 1. The molecule has 1 aromatic rings. The van der Waals surface area contributed by atoms with Gasteiger partial charge in [0.2, 0.25) is 0 Å². The lowest BCUT2D eigenvalue weighted by atomic mass is 9.98. The van der Waals surface area contributed by atoms with Crippen LogP contribution in [0.4, 0.5) is 13.2 Å². The first-order chi connectivity index (χ1) is 10.9. The van der Waals surface area contributed by atoms with Crippen molar-refractivity contribution >= 4 is 12.4 Å². The van der Waals surface area contributed by atoms with Gasteiger partial charge in [0.1, 0.15) is 11.5 Å². The number of hydrogen-bond acceptors (Lipinski definition) is 5. The highest BCUT2D eigenvalue weighted by atomic mass is 35.5. The lowest BCUT2D eigenvalue weighted by Crippen LogP contribution is -2.45. The third-order valence-corrected chi connectivity index (χ3v) is 3.82. The Morgan fingerprint density at radius 2 is 1.92 bits per heavy atom. The van der Waals surface area contributed by atoms with E-state index in [-0.39, 0.29) is 36.6 Å². The van der Waals surface area contributed by atoms with Crippen LogP contribution in [0.1, 0.15) is 24.4 Å². The molecule has 0 unspecified atom stereocenters. The summed E-state index contributed by atoms with van der Waals surface area (Å²) in [5, 5.41) is 22.4.